The molecule has 0 spiro atoms. The van der Waals surface area contributed by atoms with E-state index in [2.05, 4.69) is 10.6 Å². The summed E-state index contributed by atoms with van der Waals surface area (Å²) in [5.74, 6) is -2.06. The molecule has 2 rings (SSSR count). The topological polar surface area (TPSA) is 98.7 Å². The Morgan fingerprint density at radius 2 is 1.68 bits per heavy atom. The average molecular weight is 268 g/mol. The summed E-state index contributed by atoms with van der Waals surface area (Å²) >= 11 is 0. The van der Waals surface area contributed by atoms with Gasteiger partial charge in [-0.1, -0.05) is 18.2 Å². The van der Waals surface area contributed by atoms with Gasteiger partial charge in [0.15, 0.2) is 0 Å². The Balaban J connectivity index is 0.000000250. The minimum Gasteiger partial charge on any atom is -0.481 e. The van der Waals surface area contributed by atoms with Gasteiger partial charge in [0.25, 0.3) is 0 Å². The van der Waals surface area contributed by atoms with Crippen LogP contribution in [0.3, 0.4) is 0 Å². The molecule has 0 bridgehead atoms. The number of piperazine rings is 1. The van der Waals surface area contributed by atoms with Crippen molar-refractivity contribution >= 4 is 11.9 Å². The monoisotopic (exact) mass is 268 g/mol. The lowest BCUT2D eigenvalue weighted by Gasteiger charge is -2.23. The number of carboxylic acids is 2. The normalized spacial score (nSPS) is 25.8. The van der Waals surface area contributed by atoms with Crippen LogP contribution in [0, 0.1) is 5.41 Å². The highest BCUT2D eigenvalue weighted by molar-refractivity contribution is 5.90. The molecule has 1 atom stereocenters. The molecule has 6 heteroatoms. The van der Waals surface area contributed by atoms with E-state index in [0.717, 1.165) is 26.2 Å². The first kappa shape index (κ1) is 15.4. The maximum atomic E-state index is 10.8. The van der Waals surface area contributed by atoms with E-state index in [4.69, 9.17) is 10.2 Å². The van der Waals surface area contributed by atoms with E-state index in [1.165, 1.54) is 25.2 Å². The minimum absolute atomic E-state index is 0.0359. The standard InChI is InChI=1S/C9H10O4.C4H10N2/c1-9(8(12)13)4-2-3-6(5-9)7(10)11;1-2-6-4-3-5-1/h2-4H,5H2,1H3,(H,10,11)(H,12,13);5-6H,1-4H2. The Labute approximate surface area is 112 Å². The maximum absolute atomic E-state index is 10.8. The number of hydrogen-bond acceptors (Lipinski definition) is 4. The van der Waals surface area contributed by atoms with Crippen molar-refractivity contribution in [2.24, 2.45) is 5.41 Å². The van der Waals surface area contributed by atoms with Gasteiger partial charge in [-0.2, -0.15) is 0 Å². The SMILES string of the molecule is C1CNCCN1.CC1(C(=O)O)C=CC=C(C(=O)O)C1. The van der Waals surface area contributed by atoms with Crippen molar-refractivity contribution in [3.63, 3.8) is 0 Å². The molecule has 1 saturated heterocycles. The Morgan fingerprint density at radius 3 is 2.05 bits per heavy atom. The molecule has 4 N–H and O–H groups in total. The van der Waals surface area contributed by atoms with Crippen molar-refractivity contribution in [2.75, 3.05) is 26.2 Å². The Morgan fingerprint density at radius 1 is 1.16 bits per heavy atom. The fourth-order valence-electron chi connectivity index (χ4n) is 1.79. The fraction of sp³-hybridized carbons (Fsp3) is 0.538. The van der Waals surface area contributed by atoms with Crippen molar-refractivity contribution in [3.05, 3.63) is 23.8 Å². The van der Waals surface area contributed by atoms with Gasteiger partial charge in [-0.15, -0.1) is 0 Å². The summed E-state index contributed by atoms with van der Waals surface area (Å²) in [7, 11) is 0. The second kappa shape index (κ2) is 7.06. The molecule has 1 aliphatic heterocycles. The summed E-state index contributed by atoms with van der Waals surface area (Å²) in [5.41, 5.74) is -0.949. The third-order valence-electron chi connectivity index (χ3n) is 3.04. The van der Waals surface area contributed by atoms with Crippen LogP contribution >= 0.6 is 0 Å². The van der Waals surface area contributed by atoms with E-state index in [-0.39, 0.29) is 12.0 Å². The lowest BCUT2D eigenvalue weighted by atomic mass is 9.80. The first-order chi connectivity index (χ1) is 8.96. The second-order valence-corrected chi connectivity index (χ2v) is 4.76. The highest BCUT2D eigenvalue weighted by Gasteiger charge is 2.34. The van der Waals surface area contributed by atoms with Gasteiger partial charge in [0.2, 0.25) is 0 Å². The molecule has 0 saturated carbocycles. The van der Waals surface area contributed by atoms with Crippen LogP contribution in [0.15, 0.2) is 23.8 Å². The van der Waals surface area contributed by atoms with E-state index in [1.807, 2.05) is 0 Å². The summed E-state index contributed by atoms with van der Waals surface area (Å²) in [4.78, 5) is 21.3. The molecule has 6 nitrogen and oxygen atoms in total. The smallest absolute Gasteiger partial charge is 0.331 e. The third-order valence-corrected chi connectivity index (χ3v) is 3.04. The lowest BCUT2D eigenvalue weighted by molar-refractivity contribution is -0.145. The predicted molar refractivity (Wildman–Crippen MR) is 71.0 cm³/mol. The van der Waals surface area contributed by atoms with Crippen molar-refractivity contribution in [3.8, 4) is 0 Å². The molecule has 0 amide bonds. The first-order valence-corrected chi connectivity index (χ1v) is 6.22. The van der Waals surface area contributed by atoms with Gasteiger partial charge in [-0.05, 0) is 13.3 Å². The highest BCUT2D eigenvalue weighted by atomic mass is 16.4. The van der Waals surface area contributed by atoms with Crippen molar-refractivity contribution in [1.29, 1.82) is 0 Å². The van der Waals surface area contributed by atoms with E-state index in [1.54, 1.807) is 0 Å². The second-order valence-electron chi connectivity index (χ2n) is 4.76. The molecule has 1 aliphatic carbocycles. The maximum Gasteiger partial charge on any atom is 0.331 e. The number of allylic oxidation sites excluding steroid dienone is 2. The summed E-state index contributed by atoms with van der Waals surface area (Å²) in [6.07, 6.45) is 4.43. The van der Waals surface area contributed by atoms with Gasteiger partial charge in [-0.3, -0.25) is 4.79 Å². The number of rotatable bonds is 2. The largest absolute Gasteiger partial charge is 0.481 e. The molecule has 0 aromatic carbocycles. The average Bonchev–Trinajstić information content (AvgIpc) is 2.41. The predicted octanol–water partition coefficient (Wildman–Crippen LogP) is 0.227. The zero-order chi connectivity index (χ0) is 14.3. The fourth-order valence-corrected chi connectivity index (χ4v) is 1.79. The molecule has 1 fully saturated rings. The number of carboxylic acid groups (broad SMARTS) is 2. The number of hydrogen-bond donors (Lipinski definition) is 4. The molecular weight excluding hydrogens is 248 g/mol. The molecule has 19 heavy (non-hydrogen) atoms. The molecule has 106 valence electrons. The van der Waals surface area contributed by atoms with Crippen molar-refractivity contribution < 1.29 is 19.8 Å². The first-order valence-electron chi connectivity index (χ1n) is 6.22. The molecule has 2 aliphatic rings. The third kappa shape index (κ3) is 4.84. The zero-order valence-corrected chi connectivity index (χ0v) is 11.0. The quantitative estimate of drug-likeness (QED) is 0.572. The lowest BCUT2D eigenvalue weighted by Crippen LogP contribution is -2.39. The molecule has 0 aromatic rings. The summed E-state index contributed by atoms with van der Waals surface area (Å²) in [6.45, 7) is 6.06. The molecule has 0 radical (unpaired) electrons. The van der Waals surface area contributed by atoms with Gasteiger partial charge in [0.05, 0.1) is 5.41 Å². The van der Waals surface area contributed by atoms with Gasteiger partial charge < -0.3 is 20.8 Å². The molecule has 1 unspecified atom stereocenters. The van der Waals surface area contributed by atoms with Crippen LogP contribution in [-0.4, -0.2) is 48.3 Å². The Kier molecular flexibility index (Phi) is 5.72. The van der Waals surface area contributed by atoms with Crippen molar-refractivity contribution in [2.45, 2.75) is 13.3 Å². The summed E-state index contributed by atoms with van der Waals surface area (Å²) in [5, 5.41) is 23.9. The van der Waals surface area contributed by atoms with E-state index >= 15 is 0 Å². The number of carbonyl (C=O) groups is 2. The van der Waals surface area contributed by atoms with Gasteiger partial charge in [0, 0.05) is 31.8 Å². The number of aliphatic carboxylic acids is 2. The van der Waals surface area contributed by atoms with E-state index in [9.17, 15) is 9.59 Å². The van der Waals surface area contributed by atoms with Crippen LogP contribution < -0.4 is 10.6 Å². The Hall–Kier alpha value is -1.66. The highest BCUT2D eigenvalue weighted by Crippen LogP contribution is 2.31. The van der Waals surface area contributed by atoms with Crippen molar-refractivity contribution in [1.82, 2.24) is 10.6 Å². The van der Waals surface area contributed by atoms with Crippen LogP contribution in [0.5, 0.6) is 0 Å². The van der Waals surface area contributed by atoms with Gasteiger partial charge in [-0.25, -0.2) is 4.79 Å². The summed E-state index contributed by atoms with van der Waals surface area (Å²) < 4.78 is 0. The summed E-state index contributed by atoms with van der Waals surface area (Å²) in [6, 6.07) is 0. The van der Waals surface area contributed by atoms with Gasteiger partial charge in [0.1, 0.15) is 0 Å². The zero-order valence-electron chi connectivity index (χ0n) is 11.0. The Bertz CT molecular complexity index is 388. The molecular formula is C13H20N2O4. The van der Waals surface area contributed by atoms with Crippen LogP contribution in [0.4, 0.5) is 0 Å². The van der Waals surface area contributed by atoms with Crippen LogP contribution in [0.2, 0.25) is 0 Å². The van der Waals surface area contributed by atoms with Gasteiger partial charge >= 0.3 is 11.9 Å². The van der Waals surface area contributed by atoms with Crippen LogP contribution in [0.1, 0.15) is 13.3 Å². The van der Waals surface area contributed by atoms with Crippen LogP contribution in [0.25, 0.3) is 0 Å². The molecule has 0 aromatic heterocycles. The van der Waals surface area contributed by atoms with E-state index in [0.29, 0.717) is 0 Å². The van der Waals surface area contributed by atoms with E-state index < -0.39 is 17.4 Å². The number of nitrogens with one attached hydrogen (secondary N) is 2. The van der Waals surface area contributed by atoms with Crippen LogP contribution in [-0.2, 0) is 9.59 Å². The minimum atomic E-state index is -1.08. The molecule has 1 heterocycles.